The molecule has 0 N–H and O–H groups in total. The Morgan fingerprint density at radius 3 is 1.95 bits per heavy atom. The van der Waals surface area contributed by atoms with Gasteiger partial charge >= 0.3 is 0 Å². The maximum Gasteiger partial charge on any atom is 0.143 e. The molecule has 2 aromatic heterocycles. The van der Waals surface area contributed by atoms with E-state index in [2.05, 4.69) is 97.1 Å². The van der Waals surface area contributed by atoms with Crippen LogP contribution < -0.4 is 0 Å². The zero-order valence-electron chi connectivity index (χ0n) is 22.3. The molecule has 8 rings (SSSR count). The third kappa shape index (κ3) is 3.64. The smallest absolute Gasteiger partial charge is 0.143 e. The highest BCUT2D eigenvalue weighted by Gasteiger charge is 2.18. The molecule has 0 saturated carbocycles. The first-order valence-corrected chi connectivity index (χ1v) is 14.4. The van der Waals surface area contributed by atoms with Crippen molar-refractivity contribution in [2.75, 3.05) is 0 Å². The van der Waals surface area contributed by atoms with Crippen molar-refractivity contribution in [2.45, 2.75) is 0 Å². The third-order valence-corrected chi connectivity index (χ3v) is 9.19. The van der Waals surface area contributed by atoms with E-state index in [1.807, 2.05) is 30.3 Å². The molecule has 0 spiro atoms. The summed E-state index contributed by atoms with van der Waals surface area (Å²) in [5.74, 6) is 0. The fraction of sp³-hybridized carbons (Fsp3) is 0. The van der Waals surface area contributed by atoms with Crippen LogP contribution in [0.3, 0.4) is 0 Å². The average Bonchev–Trinajstić information content (AvgIpc) is 3.62. The molecular formula is C38H20N2OS. The van der Waals surface area contributed by atoms with Gasteiger partial charge in [-0.1, -0.05) is 84.9 Å². The minimum absolute atomic E-state index is 0.368. The molecule has 0 aliphatic heterocycles. The van der Waals surface area contributed by atoms with Gasteiger partial charge in [0.05, 0.1) is 11.1 Å². The van der Waals surface area contributed by atoms with Crippen LogP contribution in [0.25, 0.3) is 75.5 Å². The van der Waals surface area contributed by atoms with Crippen LogP contribution in [0.5, 0.6) is 0 Å². The van der Waals surface area contributed by atoms with Gasteiger partial charge in [0, 0.05) is 42.1 Å². The van der Waals surface area contributed by atoms with E-state index in [0.29, 0.717) is 11.1 Å². The maximum absolute atomic E-state index is 10.1. The number of nitriles is 2. The maximum atomic E-state index is 10.1. The number of hydrogen-bond donors (Lipinski definition) is 0. The minimum Gasteiger partial charge on any atom is -0.455 e. The molecule has 0 aliphatic rings. The molecule has 0 fully saturated rings. The largest absolute Gasteiger partial charge is 0.455 e. The number of thiophene rings is 1. The van der Waals surface area contributed by atoms with Crippen LogP contribution in [-0.2, 0) is 0 Å². The lowest BCUT2D eigenvalue weighted by atomic mass is 9.90. The lowest BCUT2D eigenvalue weighted by Crippen LogP contribution is -1.92. The highest BCUT2D eigenvalue weighted by atomic mass is 32.1. The molecule has 6 aromatic carbocycles. The summed E-state index contributed by atoms with van der Waals surface area (Å²) < 4.78 is 8.89. The summed E-state index contributed by atoms with van der Waals surface area (Å²) in [4.78, 5) is 0. The van der Waals surface area contributed by atoms with E-state index >= 15 is 0 Å². The number of nitrogens with zero attached hydrogens (tertiary/aromatic N) is 2. The van der Waals surface area contributed by atoms with Crippen LogP contribution in [0.1, 0.15) is 11.1 Å². The van der Waals surface area contributed by atoms with E-state index in [9.17, 15) is 10.5 Å². The zero-order chi connectivity index (χ0) is 28.2. The van der Waals surface area contributed by atoms with Gasteiger partial charge in [0.2, 0.25) is 0 Å². The van der Waals surface area contributed by atoms with Crippen molar-refractivity contribution in [3.8, 4) is 45.5 Å². The minimum atomic E-state index is 0.368. The number of para-hydroxylation sites is 2. The monoisotopic (exact) mass is 552 g/mol. The van der Waals surface area contributed by atoms with Crippen LogP contribution >= 0.6 is 11.3 Å². The summed E-state index contributed by atoms with van der Waals surface area (Å²) in [7, 11) is 0. The normalized spacial score (nSPS) is 11.3. The fourth-order valence-corrected chi connectivity index (χ4v) is 7.29. The van der Waals surface area contributed by atoms with Gasteiger partial charge in [0.1, 0.15) is 23.3 Å². The van der Waals surface area contributed by atoms with E-state index in [1.54, 1.807) is 17.4 Å². The van der Waals surface area contributed by atoms with Crippen LogP contribution in [0, 0.1) is 22.7 Å². The van der Waals surface area contributed by atoms with Crippen LogP contribution in [0.15, 0.2) is 126 Å². The molecule has 42 heavy (non-hydrogen) atoms. The second kappa shape index (κ2) is 9.46. The second-order valence-corrected chi connectivity index (χ2v) is 11.4. The van der Waals surface area contributed by atoms with E-state index in [1.165, 1.54) is 20.2 Å². The van der Waals surface area contributed by atoms with Gasteiger partial charge in [-0.05, 0) is 58.7 Å². The van der Waals surface area contributed by atoms with E-state index in [-0.39, 0.29) is 0 Å². The molecule has 8 aromatic rings. The van der Waals surface area contributed by atoms with Crippen molar-refractivity contribution in [3.05, 3.63) is 132 Å². The van der Waals surface area contributed by atoms with Gasteiger partial charge < -0.3 is 4.42 Å². The van der Waals surface area contributed by atoms with Gasteiger partial charge in [-0.25, -0.2) is 0 Å². The Balaban J connectivity index is 1.45. The molecule has 3 nitrogen and oxygen atoms in total. The van der Waals surface area contributed by atoms with Crippen molar-refractivity contribution in [2.24, 2.45) is 0 Å². The summed E-state index contributed by atoms with van der Waals surface area (Å²) in [6, 6.07) is 45.7. The summed E-state index contributed by atoms with van der Waals surface area (Å²) in [5.41, 5.74) is 8.16. The van der Waals surface area contributed by atoms with E-state index < -0.39 is 0 Å². The quantitative estimate of drug-likeness (QED) is 0.219. The summed E-state index contributed by atoms with van der Waals surface area (Å²) >= 11 is 1.79. The Bertz CT molecular complexity index is 2320. The first-order valence-electron chi connectivity index (χ1n) is 13.6. The standard InChI is InChI=1S/C38H20N2OS/c39-21-23-8-5-11-27(34(23)22-40)24-18-25(28-12-6-14-32-30-9-1-3-16-35(30)41-37(28)32)20-26(19-24)29-13-7-15-33-31-10-2-4-17-36(31)42-38(29)33/h1-20H. The van der Waals surface area contributed by atoms with Gasteiger partial charge in [-0.3, -0.25) is 0 Å². The molecule has 0 radical (unpaired) electrons. The first kappa shape index (κ1) is 24.1. The van der Waals surface area contributed by atoms with Crippen LogP contribution in [0.4, 0.5) is 0 Å². The van der Waals surface area contributed by atoms with Crippen molar-refractivity contribution in [1.29, 1.82) is 10.5 Å². The van der Waals surface area contributed by atoms with Gasteiger partial charge in [-0.2, -0.15) is 10.5 Å². The lowest BCUT2D eigenvalue weighted by Gasteiger charge is -2.13. The molecule has 2 heterocycles. The molecule has 0 bridgehead atoms. The zero-order valence-corrected chi connectivity index (χ0v) is 23.1. The SMILES string of the molecule is N#Cc1cccc(-c2cc(-c3cccc4c3oc3ccccc34)cc(-c3cccc4c3sc3ccccc34)c2)c1C#N. The van der Waals surface area contributed by atoms with Crippen molar-refractivity contribution >= 4 is 53.4 Å². The Morgan fingerprint density at radius 2 is 1.14 bits per heavy atom. The Kier molecular flexibility index (Phi) is 5.44. The Morgan fingerprint density at radius 1 is 0.524 bits per heavy atom. The Labute approximate surface area is 245 Å². The number of fused-ring (bicyclic) bond motifs is 6. The van der Waals surface area contributed by atoms with Gasteiger partial charge in [0.25, 0.3) is 0 Å². The molecule has 0 saturated heterocycles. The number of furan rings is 1. The Hall–Kier alpha value is -5.68. The molecule has 194 valence electrons. The van der Waals surface area contributed by atoms with Gasteiger partial charge in [0.15, 0.2) is 0 Å². The predicted octanol–water partition coefficient (Wildman–Crippen LogP) is 10.7. The van der Waals surface area contributed by atoms with Crippen LogP contribution in [-0.4, -0.2) is 0 Å². The molecule has 0 aliphatic carbocycles. The first-order chi connectivity index (χ1) is 20.7. The molecule has 4 heteroatoms. The second-order valence-electron chi connectivity index (χ2n) is 10.3. The number of benzene rings is 6. The highest BCUT2D eigenvalue weighted by molar-refractivity contribution is 7.26. The molecule has 0 atom stereocenters. The third-order valence-electron chi connectivity index (χ3n) is 7.97. The average molecular weight is 553 g/mol. The van der Waals surface area contributed by atoms with Crippen molar-refractivity contribution < 1.29 is 4.42 Å². The summed E-state index contributed by atoms with van der Waals surface area (Å²) in [6.07, 6.45) is 0. The summed E-state index contributed by atoms with van der Waals surface area (Å²) in [5, 5.41) is 24.5. The van der Waals surface area contributed by atoms with Crippen molar-refractivity contribution in [3.63, 3.8) is 0 Å². The van der Waals surface area contributed by atoms with Crippen LogP contribution in [0.2, 0.25) is 0 Å². The van der Waals surface area contributed by atoms with E-state index in [0.717, 1.165) is 55.3 Å². The van der Waals surface area contributed by atoms with Crippen molar-refractivity contribution in [1.82, 2.24) is 0 Å². The fourth-order valence-electron chi connectivity index (χ4n) is 6.05. The number of hydrogen-bond acceptors (Lipinski definition) is 4. The van der Waals surface area contributed by atoms with Gasteiger partial charge in [-0.15, -0.1) is 11.3 Å². The molecule has 0 unspecified atom stereocenters. The predicted molar refractivity (Wildman–Crippen MR) is 172 cm³/mol. The molecular weight excluding hydrogens is 532 g/mol. The lowest BCUT2D eigenvalue weighted by molar-refractivity contribution is 0.670. The summed E-state index contributed by atoms with van der Waals surface area (Å²) in [6.45, 7) is 0. The van der Waals surface area contributed by atoms with E-state index in [4.69, 9.17) is 4.42 Å². The topological polar surface area (TPSA) is 60.7 Å². The highest BCUT2D eigenvalue weighted by Crippen LogP contribution is 2.43. The molecule has 0 amide bonds. The number of rotatable bonds is 3.